The Morgan fingerprint density at radius 2 is 2.03 bits per heavy atom. The lowest BCUT2D eigenvalue weighted by atomic mass is 10.1. The minimum atomic E-state index is -0.340. The van der Waals surface area contributed by atoms with Gasteiger partial charge < -0.3 is 9.73 Å². The first-order valence-corrected chi connectivity index (χ1v) is 10.3. The monoisotopic (exact) mass is 424 g/mol. The summed E-state index contributed by atoms with van der Waals surface area (Å²) in [5.74, 6) is 0.468. The molecule has 0 atom stereocenters. The minimum Gasteiger partial charge on any atom is -0.462 e. The van der Waals surface area contributed by atoms with E-state index >= 15 is 0 Å². The largest absolute Gasteiger partial charge is 0.462 e. The molecule has 9 heteroatoms. The lowest BCUT2D eigenvalue weighted by molar-refractivity contribution is 0.102. The van der Waals surface area contributed by atoms with E-state index in [0.29, 0.717) is 33.5 Å². The number of nitrogens with zero attached hydrogens (tertiary/aromatic N) is 3. The highest BCUT2D eigenvalue weighted by Gasteiger charge is 2.22. The lowest BCUT2D eigenvalue weighted by Gasteiger charge is -2.06. The molecule has 0 bridgehead atoms. The van der Waals surface area contributed by atoms with Gasteiger partial charge in [0.1, 0.15) is 23.0 Å². The normalized spacial score (nSPS) is 11.2. The van der Waals surface area contributed by atoms with E-state index in [1.54, 1.807) is 34.9 Å². The Bertz CT molecular complexity index is 1320. The number of carbonyl (C=O) groups excluding carboxylic acids is 1. The van der Waals surface area contributed by atoms with Gasteiger partial charge in [-0.3, -0.25) is 9.20 Å². The summed E-state index contributed by atoms with van der Waals surface area (Å²) < 4.78 is 20.5. The first kappa shape index (κ1) is 17.8. The molecule has 1 N–H and O–H groups in total. The number of rotatable bonds is 4. The summed E-state index contributed by atoms with van der Waals surface area (Å²) >= 11 is 2.84. The van der Waals surface area contributed by atoms with Gasteiger partial charge in [0.25, 0.3) is 5.91 Å². The maximum atomic E-state index is 13.3. The number of amides is 1. The average Bonchev–Trinajstić information content (AvgIpc) is 3.47. The highest BCUT2D eigenvalue weighted by molar-refractivity contribution is 7.15. The zero-order chi connectivity index (χ0) is 20.0. The maximum absolute atomic E-state index is 13.3. The third-order valence-corrected chi connectivity index (χ3v) is 6.10. The highest BCUT2D eigenvalue weighted by atomic mass is 32.1. The van der Waals surface area contributed by atoms with Crippen LogP contribution >= 0.6 is 22.7 Å². The molecule has 0 radical (unpaired) electrons. The number of hydrogen-bond donors (Lipinski definition) is 1. The zero-order valence-electron chi connectivity index (χ0n) is 15.0. The minimum absolute atomic E-state index is 0.330. The van der Waals surface area contributed by atoms with Crippen molar-refractivity contribution in [3.63, 3.8) is 0 Å². The Morgan fingerprint density at radius 1 is 1.21 bits per heavy atom. The number of thiazole rings is 2. The van der Waals surface area contributed by atoms with Gasteiger partial charge >= 0.3 is 0 Å². The van der Waals surface area contributed by atoms with Gasteiger partial charge in [-0.2, -0.15) is 0 Å². The predicted molar refractivity (Wildman–Crippen MR) is 111 cm³/mol. The van der Waals surface area contributed by atoms with Crippen molar-refractivity contribution in [1.29, 1.82) is 0 Å². The van der Waals surface area contributed by atoms with Crippen LogP contribution in [0.1, 0.15) is 15.4 Å². The van der Waals surface area contributed by atoms with Crippen molar-refractivity contribution in [1.82, 2.24) is 14.4 Å². The number of imidazole rings is 1. The van der Waals surface area contributed by atoms with Crippen LogP contribution in [0.4, 0.5) is 10.2 Å². The maximum Gasteiger partial charge on any atom is 0.276 e. The molecule has 144 valence electrons. The number of aromatic nitrogens is 3. The first-order valence-electron chi connectivity index (χ1n) is 8.64. The molecular weight excluding hydrogens is 411 g/mol. The molecule has 29 heavy (non-hydrogen) atoms. The third kappa shape index (κ3) is 3.14. The first-order chi connectivity index (χ1) is 14.1. The summed E-state index contributed by atoms with van der Waals surface area (Å²) in [6.07, 6.45) is 3.40. The molecule has 0 saturated carbocycles. The smallest absolute Gasteiger partial charge is 0.276 e. The lowest BCUT2D eigenvalue weighted by Crippen LogP contribution is -2.15. The summed E-state index contributed by atoms with van der Waals surface area (Å²) in [4.78, 5) is 23.6. The van der Waals surface area contributed by atoms with Crippen molar-refractivity contribution in [2.24, 2.45) is 0 Å². The second kappa shape index (κ2) is 6.94. The Kier molecular flexibility index (Phi) is 4.26. The van der Waals surface area contributed by atoms with E-state index < -0.39 is 0 Å². The van der Waals surface area contributed by atoms with Gasteiger partial charge in [0, 0.05) is 22.0 Å². The highest BCUT2D eigenvalue weighted by Crippen LogP contribution is 2.32. The van der Waals surface area contributed by atoms with Gasteiger partial charge in [0.15, 0.2) is 15.7 Å². The number of anilines is 1. The fourth-order valence-electron chi connectivity index (χ4n) is 2.99. The van der Waals surface area contributed by atoms with Crippen molar-refractivity contribution in [2.75, 3.05) is 5.32 Å². The van der Waals surface area contributed by atoms with Gasteiger partial charge in [-0.1, -0.05) is 0 Å². The van der Waals surface area contributed by atoms with Crippen LogP contribution in [0, 0.1) is 12.7 Å². The molecule has 0 unspecified atom stereocenters. The number of hydrogen-bond acceptors (Lipinski definition) is 6. The molecule has 4 aromatic heterocycles. The van der Waals surface area contributed by atoms with Crippen LogP contribution < -0.4 is 5.32 Å². The summed E-state index contributed by atoms with van der Waals surface area (Å²) in [6.45, 7) is 1.84. The standard InChI is InChI=1S/C20H13FN4O2S2/c1-11-15(22-19(29-11)14-3-2-9-27-14)18(26)24-17-16(12-4-6-13(21)7-5-12)23-20-25(17)8-10-28-20/h2-10H,1H3,(H,24,26). The van der Waals surface area contributed by atoms with Crippen LogP contribution in [-0.2, 0) is 0 Å². The Labute approximate surface area is 172 Å². The Balaban J connectivity index is 1.53. The van der Waals surface area contributed by atoms with Crippen molar-refractivity contribution >= 4 is 39.4 Å². The van der Waals surface area contributed by atoms with Crippen molar-refractivity contribution in [3.8, 4) is 22.0 Å². The fourth-order valence-corrected chi connectivity index (χ4v) is 4.59. The van der Waals surface area contributed by atoms with E-state index in [1.807, 2.05) is 18.5 Å². The molecular formula is C20H13FN4O2S2. The van der Waals surface area contributed by atoms with Crippen LogP contribution in [-0.4, -0.2) is 20.3 Å². The van der Waals surface area contributed by atoms with E-state index in [4.69, 9.17) is 4.42 Å². The van der Waals surface area contributed by atoms with Crippen LogP contribution in [0.15, 0.2) is 58.7 Å². The molecule has 5 aromatic rings. The van der Waals surface area contributed by atoms with Gasteiger partial charge in [-0.25, -0.2) is 14.4 Å². The van der Waals surface area contributed by atoms with Gasteiger partial charge in [-0.15, -0.1) is 22.7 Å². The van der Waals surface area contributed by atoms with Gasteiger partial charge in [-0.05, 0) is 43.3 Å². The fraction of sp³-hybridized carbons (Fsp3) is 0.0500. The molecule has 0 aliphatic carbocycles. The third-order valence-electron chi connectivity index (χ3n) is 4.36. The van der Waals surface area contributed by atoms with Gasteiger partial charge in [0.2, 0.25) is 0 Å². The summed E-state index contributed by atoms with van der Waals surface area (Å²) in [7, 11) is 0. The molecule has 5 rings (SSSR count). The zero-order valence-corrected chi connectivity index (χ0v) is 16.7. The predicted octanol–water partition coefficient (Wildman–Crippen LogP) is 5.48. The number of nitrogens with one attached hydrogen (secondary N) is 1. The Morgan fingerprint density at radius 3 is 2.79 bits per heavy atom. The van der Waals surface area contributed by atoms with Gasteiger partial charge in [0.05, 0.1) is 6.26 Å². The Hall–Kier alpha value is -3.30. The van der Waals surface area contributed by atoms with E-state index in [-0.39, 0.29) is 11.7 Å². The second-order valence-electron chi connectivity index (χ2n) is 6.23. The quantitative estimate of drug-likeness (QED) is 0.415. The summed E-state index contributed by atoms with van der Waals surface area (Å²) in [6, 6.07) is 9.60. The van der Waals surface area contributed by atoms with Crippen LogP contribution in [0.25, 0.3) is 27.0 Å². The van der Waals surface area contributed by atoms with E-state index in [0.717, 1.165) is 9.84 Å². The molecule has 4 heterocycles. The number of fused-ring (bicyclic) bond motifs is 1. The molecule has 0 aliphatic rings. The van der Waals surface area contributed by atoms with Crippen molar-refractivity contribution in [3.05, 3.63) is 70.6 Å². The van der Waals surface area contributed by atoms with Crippen molar-refractivity contribution < 1.29 is 13.6 Å². The van der Waals surface area contributed by atoms with Crippen LogP contribution in [0.3, 0.4) is 0 Å². The SMILES string of the molecule is Cc1sc(-c2ccco2)nc1C(=O)Nc1c(-c2ccc(F)cc2)nc2sccn12. The molecule has 0 spiro atoms. The molecule has 1 aromatic carbocycles. The molecule has 0 saturated heterocycles. The van der Waals surface area contributed by atoms with E-state index in [2.05, 4.69) is 15.3 Å². The number of furan rings is 1. The molecule has 1 amide bonds. The number of carbonyl (C=O) groups is 1. The number of aryl methyl sites for hydroxylation is 1. The summed E-state index contributed by atoms with van der Waals surface area (Å²) in [5, 5.41) is 5.46. The van der Waals surface area contributed by atoms with Crippen LogP contribution in [0.2, 0.25) is 0 Å². The molecule has 0 aliphatic heterocycles. The van der Waals surface area contributed by atoms with Crippen molar-refractivity contribution in [2.45, 2.75) is 6.92 Å². The number of halogens is 1. The van der Waals surface area contributed by atoms with E-state index in [1.165, 1.54) is 34.8 Å². The second-order valence-corrected chi connectivity index (χ2v) is 8.30. The summed E-state index contributed by atoms with van der Waals surface area (Å²) in [5.41, 5.74) is 1.62. The average molecular weight is 424 g/mol. The van der Waals surface area contributed by atoms with E-state index in [9.17, 15) is 9.18 Å². The number of benzene rings is 1. The molecule has 6 nitrogen and oxygen atoms in total. The van der Waals surface area contributed by atoms with Crippen LogP contribution in [0.5, 0.6) is 0 Å². The topological polar surface area (TPSA) is 72.4 Å². The molecule has 0 fully saturated rings.